The molecule has 0 saturated heterocycles. The summed E-state index contributed by atoms with van der Waals surface area (Å²) >= 11 is 0. The second kappa shape index (κ2) is 3.37. The number of hydrogen-bond donors (Lipinski definition) is 1. The normalized spacial score (nSPS) is 17.9. The van der Waals surface area contributed by atoms with Crippen molar-refractivity contribution < 1.29 is 9.90 Å². The summed E-state index contributed by atoms with van der Waals surface area (Å²) in [6.45, 7) is 3.58. The molecule has 0 aliphatic carbocycles. The van der Waals surface area contributed by atoms with Crippen molar-refractivity contribution in [3.63, 3.8) is 0 Å². The number of hydrogen-bond acceptors (Lipinski definition) is 3. The predicted molar refractivity (Wildman–Crippen MR) is 41.8 cm³/mol. The van der Waals surface area contributed by atoms with Crippen LogP contribution in [0.2, 0.25) is 0 Å². The predicted octanol–water partition coefficient (Wildman–Crippen LogP) is 0.195. The van der Waals surface area contributed by atoms with E-state index in [9.17, 15) is 4.79 Å². The molecule has 0 amide bonds. The smallest absolute Gasteiger partial charge is 0.323 e. The quantitative estimate of drug-likeness (QED) is 0.621. The minimum Gasteiger partial charge on any atom is -0.480 e. The highest BCUT2D eigenvalue weighted by atomic mass is 16.4. The first kappa shape index (κ1) is 8.04. The third-order valence-electron chi connectivity index (χ3n) is 1.71. The highest BCUT2D eigenvalue weighted by Gasteiger charge is 2.13. The molecular weight excluding hydrogens is 144 g/mol. The van der Waals surface area contributed by atoms with Gasteiger partial charge < -0.3 is 10.0 Å². The number of amidine groups is 1. The summed E-state index contributed by atoms with van der Waals surface area (Å²) in [6, 6.07) is 0. The lowest BCUT2D eigenvalue weighted by atomic mass is 10.3. The van der Waals surface area contributed by atoms with Crippen LogP contribution in [0.25, 0.3) is 0 Å². The maximum atomic E-state index is 10.3. The van der Waals surface area contributed by atoms with E-state index in [2.05, 4.69) is 4.99 Å². The average molecular weight is 156 g/mol. The number of carboxylic acid groups (broad SMARTS) is 1. The van der Waals surface area contributed by atoms with Crippen molar-refractivity contribution in [2.45, 2.75) is 13.3 Å². The molecule has 0 radical (unpaired) electrons. The van der Waals surface area contributed by atoms with Crippen LogP contribution in [0.5, 0.6) is 0 Å². The zero-order valence-corrected chi connectivity index (χ0v) is 6.58. The molecule has 1 heterocycles. The topological polar surface area (TPSA) is 52.9 Å². The summed E-state index contributed by atoms with van der Waals surface area (Å²) < 4.78 is 0. The van der Waals surface area contributed by atoms with Crippen LogP contribution in [-0.2, 0) is 4.79 Å². The van der Waals surface area contributed by atoms with Crippen LogP contribution in [0.3, 0.4) is 0 Å². The van der Waals surface area contributed by atoms with Gasteiger partial charge in [-0.25, -0.2) is 0 Å². The van der Waals surface area contributed by atoms with Crippen LogP contribution in [0.15, 0.2) is 4.99 Å². The fourth-order valence-corrected chi connectivity index (χ4v) is 1.12. The van der Waals surface area contributed by atoms with Crippen molar-refractivity contribution in [3.8, 4) is 0 Å². The average Bonchev–Trinajstić information content (AvgIpc) is 1.93. The lowest BCUT2D eigenvalue weighted by Crippen LogP contribution is -2.37. The minimum atomic E-state index is -0.790. The van der Waals surface area contributed by atoms with E-state index in [1.807, 2.05) is 6.92 Å². The zero-order valence-electron chi connectivity index (χ0n) is 6.58. The zero-order chi connectivity index (χ0) is 8.27. The molecule has 0 unspecified atom stereocenters. The van der Waals surface area contributed by atoms with Crippen LogP contribution in [0.1, 0.15) is 13.3 Å². The Bertz CT molecular complexity index is 189. The summed E-state index contributed by atoms with van der Waals surface area (Å²) in [5, 5.41) is 8.49. The number of carbonyl (C=O) groups is 1. The summed E-state index contributed by atoms with van der Waals surface area (Å²) in [4.78, 5) is 16.2. The fraction of sp³-hybridized carbons (Fsp3) is 0.714. The van der Waals surface area contributed by atoms with Gasteiger partial charge in [-0.15, -0.1) is 0 Å². The van der Waals surface area contributed by atoms with Gasteiger partial charge in [-0.05, 0) is 13.3 Å². The van der Waals surface area contributed by atoms with Crippen molar-refractivity contribution in [2.24, 2.45) is 4.99 Å². The molecule has 0 aromatic heterocycles. The lowest BCUT2D eigenvalue weighted by molar-refractivity contribution is -0.137. The molecule has 1 rings (SSSR count). The Balaban J connectivity index is 2.50. The van der Waals surface area contributed by atoms with Crippen LogP contribution in [0, 0.1) is 0 Å². The monoisotopic (exact) mass is 156 g/mol. The van der Waals surface area contributed by atoms with Gasteiger partial charge in [0.2, 0.25) is 0 Å². The Morgan fingerprint density at radius 3 is 3.09 bits per heavy atom. The summed E-state index contributed by atoms with van der Waals surface area (Å²) in [5.41, 5.74) is 0. The molecule has 0 atom stereocenters. The third kappa shape index (κ3) is 2.22. The van der Waals surface area contributed by atoms with E-state index >= 15 is 0 Å². The van der Waals surface area contributed by atoms with E-state index in [1.54, 1.807) is 4.90 Å². The van der Waals surface area contributed by atoms with Crippen molar-refractivity contribution in [1.29, 1.82) is 0 Å². The fourth-order valence-electron chi connectivity index (χ4n) is 1.12. The summed E-state index contributed by atoms with van der Waals surface area (Å²) in [5.74, 6) is 0.0556. The molecule has 1 aliphatic heterocycles. The molecule has 1 aliphatic rings. The minimum absolute atomic E-state index is 0.0787. The van der Waals surface area contributed by atoms with E-state index < -0.39 is 5.97 Å². The molecule has 4 heteroatoms. The molecule has 4 nitrogen and oxygen atoms in total. The molecule has 0 saturated carbocycles. The van der Waals surface area contributed by atoms with E-state index in [4.69, 9.17) is 5.11 Å². The van der Waals surface area contributed by atoms with Gasteiger partial charge in [-0.3, -0.25) is 9.79 Å². The molecule has 11 heavy (non-hydrogen) atoms. The van der Waals surface area contributed by atoms with Crippen molar-refractivity contribution in [1.82, 2.24) is 4.90 Å². The summed E-state index contributed by atoms with van der Waals surface area (Å²) in [7, 11) is 0. The molecule has 0 fully saturated rings. The number of aliphatic carboxylic acids is 1. The Hall–Kier alpha value is -1.06. The standard InChI is InChI=1S/C7H12N2O2/c1-6-8-3-2-4-9(6)5-7(10)11/h2-5H2,1H3,(H,10,11). The van der Waals surface area contributed by atoms with Gasteiger partial charge in [0.05, 0.1) is 5.84 Å². The van der Waals surface area contributed by atoms with Gasteiger partial charge in [0, 0.05) is 13.1 Å². The van der Waals surface area contributed by atoms with Gasteiger partial charge >= 0.3 is 5.97 Å². The number of aliphatic imine (C=N–C) groups is 1. The number of nitrogens with zero attached hydrogens (tertiary/aromatic N) is 2. The molecule has 62 valence electrons. The van der Waals surface area contributed by atoms with Crippen LogP contribution < -0.4 is 0 Å². The van der Waals surface area contributed by atoms with Crippen LogP contribution in [-0.4, -0.2) is 41.4 Å². The number of rotatable bonds is 2. The molecule has 0 spiro atoms. The Kier molecular flexibility index (Phi) is 2.46. The Labute approximate surface area is 65.5 Å². The first-order valence-corrected chi connectivity index (χ1v) is 3.68. The van der Waals surface area contributed by atoms with E-state index in [-0.39, 0.29) is 6.54 Å². The maximum absolute atomic E-state index is 10.3. The van der Waals surface area contributed by atoms with Gasteiger partial charge in [-0.1, -0.05) is 0 Å². The largest absolute Gasteiger partial charge is 0.480 e. The Morgan fingerprint density at radius 1 is 1.82 bits per heavy atom. The van der Waals surface area contributed by atoms with Crippen molar-refractivity contribution in [2.75, 3.05) is 19.6 Å². The van der Waals surface area contributed by atoms with Crippen LogP contribution in [0.4, 0.5) is 0 Å². The second-order valence-electron chi connectivity index (χ2n) is 2.60. The SMILES string of the molecule is CC1=NCCCN1CC(=O)O. The Morgan fingerprint density at radius 2 is 2.55 bits per heavy atom. The first-order valence-electron chi connectivity index (χ1n) is 3.68. The molecule has 0 aromatic rings. The summed E-state index contributed by atoms with van der Waals surface area (Å²) in [6.07, 6.45) is 0.963. The third-order valence-corrected chi connectivity index (χ3v) is 1.71. The van der Waals surface area contributed by atoms with Gasteiger partial charge in [0.1, 0.15) is 6.54 Å². The molecular formula is C7H12N2O2. The molecule has 1 N–H and O–H groups in total. The van der Waals surface area contributed by atoms with Gasteiger partial charge in [-0.2, -0.15) is 0 Å². The van der Waals surface area contributed by atoms with Crippen molar-refractivity contribution >= 4 is 11.8 Å². The lowest BCUT2D eigenvalue weighted by Gasteiger charge is -2.25. The highest BCUT2D eigenvalue weighted by molar-refractivity contribution is 5.84. The van der Waals surface area contributed by atoms with Crippen LogP contribution >= 0.6 is 0 Å². The highest BCUT2D eigenvalue weighted by Crippen LogP contribution is 2.01. The maximum Gasteiger partial charge on any atom is 0.323 e. The van der Waals surface area contributed by atoms with E-state index in [1.165, 1.54) is 0 Å². The van der Waals surface area contributed by atoms with Gasteiger partial charge in [0.25, 0.3) is 0 Å². The molecule has 0 bridgehead atoms. The second-order valence-corrected chi connectivity index (χ2v) is 2.60. The van der Waals surface area contributed by atoms with Gasteiger partial charge in [0.15, 0.2) is 0 Å². The first-order chi connectivity index (χ1) is 5.20. The molecule has 0 aromatic carbocycles. The van der Waals surface area contributed by atoms with E-state index in [0.717, 1.165) is 25.3 Å². The van der Waals surface area contributed by atoms with E-state index in [0.29, 0.717) is 0 Å². The number of carboxylic acids is 1. The van der Waals surface area contributed by atoms with Crippen molar-refractivity contribution in [3.05, 3.63) is 0 Å².